The van der Waals surface area contributed by atoms with Gasteiger partial charge < -0.3 is 41.6 Å². The molecule has 10 N–H and O–H groups in total. The molecule has 0 amide bonds. The lowest BCUT2D eigenvalue weighted by atomic mass is 9.83. The van der Waals surface area contributed by atoms with Crippen molar-refractivity contribution in [3.05, 3.63) is 107 Å². The third kappa shape index (κ3) is 13.7. The van der Waals surface area contributed by atoms with Crippen LogP contribution in [0.2, 0.25) is 0 Å². The van der Waals surface area contributed by atoms with E-state index in [2.05, 4.69) is 9.97 Å². The number of nitrogens with zero attached hydrogens (tertiary/aromatic N) is 3. The molecule has 1 unspecified atom stereocenters. The molecule has 2 aromatic heterocycles. The summed E-state index contributed by atoms with van der Waals surface area (Å²) in [5.41, 5.74) is 18.8. The maximum Gasteiger partial charge on any atom is 0.333 e. The van der Waals surface area contributed by atoms with Crippen molar-refractivity contribution in [1.82, 2.24) is 24.5 Å². The Labute approximate surface area is 337 Å². The highest BCUT2D eigenvalue weighted by Crippen LogP contribution is 2.38. The van der Waals surface area contributed by atoms with Gasteiger partial charge in [0.15, 0.2) is 11.6 Å². The van der Waals surface area contributed by atoms with E-state index >= 15 is 0 Å². The summed E-state index contributed by atoms with van der Waals surface area (Å²) in [6, 6.07) is 10.9. The van der Waals surface area contributed by atoms with Crippen LogP contribution in [0.4, 0.5) is 17.6 Å². The number of H-pyrrole nitrogens is 2. The highest BCUT2D eigenvalue weighted by molar-refractivity contribution is 5.96. The Morgan fingerprint density at radius 2 is 1.28 bits per heavy atom. The highest BCUT2D eigenvalue weighted by atomic mass is 16.6. The van der Waals surface area contributed by atoms with Crippen LogP contribution in [0.3, 0.4) is 0 Å². The molecule has 0 saturated heterocycles. The molecular weight excluding hydrogens is 748 g/mol. The number of nitrogens with two attached hydrogens (primary N) is 3. The zero-order chi connectivity index (χ0) is 42.8. The normalized spacial score (nSPS) is 13.1. The number of aromatic nitrogens is 5. The lowest BCUT2D eigenvalue weighted by molar-refractivity contribution is -0.236. The first-order valence-electron chi connectivity index (χ1n) is 19.2. The van der Waals surface area contributed by atoms with E-state index in [4.69, 9.17) is 31.4 Å². The van der Waals surface area contributed by atoms with Crippen LogP contribution in [0.25, 0.3) is 0 Å². The average Bonchev–Trinajstić information content (AvgIpc) is 3.10. The van der Waals surface area contributed by atoms with Crippen LogP contribution < -0.4 is 34.3 Å². The first kappa shape index (κ1) is 45.5. The number of rotatable bonds is 20. The summed E-state index contributed by atoms with van der Waals surface area (Å²) in [5, 5.41) is 22.5. The van der Waals surface area contributed by atoms with Gasteiger partial charge in [-0.15, -0.1) is 0 Å². The van der Waals surface area contributed by atoms with E-state index < -0.39 is 28.3 Å². The van der Waals surface area contributed by atoms with Gasteiger partial charge in [0.2, 0.25) is 5.95 Å². The molecule has 0 radical (unpaired) electrons. The number of aliphatic hydroxyl groups is 2. The fraction of sp³-hybridized carbons (Fsp3) is 0.512. The molecule has 0 aliphatic heterocycles. The number of carbonyl (C=O) groups is 1. The van der Waals surface area contributed by atoms with Crippen LogP contribution >= 0.6 is 0 Å². The van der Waals surface area contributed by atoms with Crippen LogP contribution in [-0.2, 0) is 59.0 Å². The van der Waals surface area contributed by atoms with Gasteiger partial charge >= 0.3 is 17.1 Å². The van der Waals surface area contributed by atoms with Crippen LogP contribution in [0.5, 0.6) is 0 Å². The monoisotopic (exact) mass is 806 g/mol. The minimum Gasteiger partial charge on any atom is -0.392 e. The van der Waals surface area contributed by atoms with E-state index in [0.717, 1.165) is 15.7 Å². The Kier molecular flexibility index (Phi) is 15.3. The smallest absolute Gasteiger partial charge is 0.333 e. The SMILES string of the molecule is CC(C)(C)CC(=O)c1cc(CCOCCc2c(N)nc(N)nc2N)cc(COC(O)(CC(C)(C)C)c2cc(CO)cc(CCOCCn3c(=O)[nH]c(=O)[nH]c3=O)c2)c1. The minimum absolute atomic E-state index is 0.00136. The van der Waals surface area contributed by atoms with Crippen molar-refractivity contribution >= 4 is 23.4 Å². The standard InChI is InChI=1S/C41H58N8O9/c1-39(2,3)21-32(51)29-17-25(7-11-56-13-9-31-33(42)45-35(44)46-34(31)43)16-28(18-29)23-58-41(55,24-40(4,5)6)30-19-26(15-27(20-30)22-50)8-12-57-14-10-49-37(53)47-36(52)48-38(49)54/h15-20,50,55H,7-14,21-24H2,1-6H3,(H6,42,43,44,45,46)(H2,47,48,52,53,54). The summed E-state index contributed by atoms with van der Waals surface area (Å²) in [5.74, 6) is -1.40. The highest BCUT2D eigenvalue weighted by Gasteiger charge is 2.36. The van der Waals surface area contributed by atoms with E-state index in [0.29, 0.717) is 66.7 Å². The van der Waals surface area contributed by atoms with E-state index in [9.17, 15) is 29.4 Å². The molecular formula is C41H58N8O9. The molecule has 2 aromatic carbocycles. The van der Waals surface area contributed by atoms with Crippen molar-refractivity contribution in [2.45, 2.75) is 99.2 Å². The molecule has 1 atom stereocenters. The first-order chi connectivity index (χ1) is 27.1. The molecule has 58 heavy (non-hydrogen) atoms. The second kappa shape index (κ2) is 19.5. The molecule has 0 aliphatic rings. The van der Waals surface area contributed by atoms with Gasteiger partial charge in [-0.05, 0) is 64.1 Å². The molecule has 2 heterocycles. The Bertz CT molecular complexity index is 2160. The molecule has 0 saturated carbocycles. The molecule has 17 nitrogen and oxygen atoms in total. The minimum atomic E-state index is -1.80. The van der Waals surface area contributed by atoms with Gasteiger partial charge in [0.25, 0.3) is 0 Å². The van der Waals surface area contributed by atoms with Crippen LogP contribution in [0.15, 0.2) is 50.8 Å². The van der Waals surface area contributed by atoms with Crippen LogP contribution in [0.1, 0.15) is 98.1 Å². The van der Waals surface area contributed by atoms with E-state index in [-0.39, 0.29) is 68.2 Å². The zero-order valence-electron chi connectivity index (χ0n) is 34.3. The molecule has 0 fully saturated rings. The van der Waals surface area contributed by atoms with E-state index in [1.165, 1.54) is 0 Å². The summed E-state index contributed by atoms with van der Waals surface area (Å²) < 4.78 is 18.9. The van der Waals surface area contributed by atoms with Gasteiger partial charge in [0, 0.05) is 36.0 Å². The number of hydrogen-bond donors (Lipinski definition) is 7. The fourth-order valence-corrected chi connectivity index (χ4v) is 6.48. The van der Waals surface area contributed by atoms with Gasteiger partial charge in [0.1, 0.15) is 11.6 Å². The van der Waals surface area contributed by atoms with Gasteiger partial charge in [-0.3, -0.25) is 14.8 Å². The second-order valence-electron chi connectivity index (χ2n) is 16.9. The number of carbonyl (C=O) groups excluding carboxylic acids is 1. The number of benzene rings is 2. The van der Waals surface area contributed by atoms with Crippen molar-refractivity contribution in [3.63, 3.8) is 0 Å². The Hall–Kier alpha value is -5.20. The number of hydrogen-bond acceptors (Lipinski definition) is 14. The third-order valence-corrected chi connectivity index (χ3v) is 9.04. The molecule has 4 aromatic rings. The summed E-state index contributed by atoms with van der Waals surface area (Å²) >= 11 is 0. The number of ketones is 1. The molecule has 0 spiro atoms. The topological polar surface area (TPSA) is 277 Å². The van der Waals surface area contributed by atoms with Crippen LogP contribution in [0, 0.1) is 10.8 Å². The summed E-state index contributed by atoms with van der Waals surface area (Å²) in [6.07, 6.45) is 1.79. The molecule has 0 aliphatic carbocycles. The summed E-state index contributed by atoms with van der Waals surface area (Å²) in [4.78, 5) is 60.7. The van der Waals surface area contributed by atoms with Gasteiger partial charge in [-0.2, -0.15) is 9.97 Å². The number of ether oxygens (including phenoxy) is 3. The predicted octanol–water partition coefficient (Wildman–Crippen LogP) is 2.73. The second-order valence-corrected chi connectivity index (χ2v) is 16.9. The Morgan fingerprint density at radius 3 is 1.86 bits per heavy atom. The number of nitrogens with one attached hydrogen (secondary N) is 2. The van der Waals surface area contributed by atoms with Crippen molar-refractivity contribution in [2.75, 3.05) is 43.6 Å². The number of Topliss-reactive ketones (excluding diaryl/α,β-unsaturated/α-hetero) is 1. The lowest BCUT2D eigenvalue weighted by Crippen LogP contribution is -2.43. The van der Waals surface area contributed by atoms with Gasteiger partial charge in [-0.25, -0.2) is 19.0 Å². The van der Waals surface area contributed by atoms with Crippen molar-refractivity contribution in [1.29, 1.82) is 0 Å². The Morgan fingerprint density at radius 1 is 0.741 bits per heavy atom. The molecule has 17 heteroatoms. The van der Waals surface area contributed by atoms with E-state index in [1.807, 2.05) is 63.6 Å². The van der Waals surface area contributed by atoms with Crippen molar-refractivity contribution in [2.24, 2.45) is 10.8 Å². The van der Waals surface area contributed by atoms with Crippen molar-refractivity contribution < 1.29 is 29.2 Å². The summed E-state index contributed by atoms with van der Waals surface area (Å²) in [6.45, 7) is 12.4. The average molecular weight is 807 g/mol. The number of aromatic amines is 2. The predicted molar refractivity (Wildman–Crippen MR) is 220 cm³/mol. The van der Waals surface area contributed by atoms with E-state index in [1.54, 1.807) is 24.3 Å². The summed E-state index contributed by atoms with van der Waals surface area (Å²) in [7, 11) is 0. The van der Waals surface area contributed by atoms with Gasteiger partial charge in [0.05, 0.1) is 46.2 Å². The first-order valence-corrected chi connectivity index (χ1v) is 19.2. The maximum atomic E-state index is 13.5. The maximum absolute atomic E-state index is 13.5. The molecule has 316 valence electrons. The van der Waals surface area contributed by atoms with Crippen LogP contribution in [-0.4, -0.2) is 66.9 Å². The third-order valence-electron chi connectivity index (χ3n) is 9.04. The number of nitrogen functional groups attached to an aromatic ring is 3. The quantitative estimate of drug-likeness (QED) is 0.0385. The number of anilines is 3. The zero-order valence-corrected chi connectivity index (χ0v) is 34.3. The molecule has 4 rings (SSSR count). The molecule has 0 bridgehead atoms. The largest absolute Gasteiger partial charge is 0.392 e. The van der Waals surface area contributed by atoms with Gasteiger partial charge in [-0.1, -0.05) is 59.7 Å². The lowest BCUT2D eigenvalue weighted by Gasteiger charge is -2.35. The van der Waals surface area contributed by atoms with Crippen molar-refractivity contribution in [3.8, 4) is 0 Å². The fourth-order valence-electron chi connectivity index (χ4n) is 6.48. The number of aliphatic hydroxyl groups excluding tert-OH is 1. The Balaban J connectivity index is 1.51.